The van der Waals surface area contributed by atoms with Gasteiger partial charge in [0.1, 0.15) is 11.4 Å². The van der Waals surface area contributed by atoms with Crippen LogP contribution in [0.3, 0.4) is 0 Å². The second kappa shape index (κ2) is 6.56. The molecule has 0 bridgehead atoms. The molecule has 1 aromatic rings. The van der Waals surface area contributed by atoms with Crippen LogP contribution in [0.1, 0.15) is 51.0 Å². The molecule has 1 N–H and O–H groups in total. The van der Waals surface area contributed by atoms with Crippen molar-refractivity contribution < 1.29 is 4.74 Å². The summed E-state index contributed by atoms with van der Waals surface area (Å²) in [5.74, 6) is 2.43. The van der Waals surface area contributed by atoms with Gasteiger partial charge in [0.15, 0.2) is 5.82 Å². The van der Waals surface area contributed by atoms with E-state index in [1.54, 1.807) is 0 Å². The van der Waals surface area contributed by atoms with Crippen LogP contribution in [0.2, 0.25) is 0 Å². The van der Waals surface area contributed by atoms with Crippen LogP contribution in [0.25, 0.3) is 0 Å². The fourth-order valence-electron chi connectivity index (χ4n) is 3.11. The highest BCUT2D eigenvalue weighted by Crippen LogP contribution is 2.42. The number of aromatic nitrogens is 2. The Morgan fingerprint density at radius 3 is 2.80 bits per heavy atom. The molecule has 1 aliphatic rings. The first-order valence-electron chi connectivity index (χ1n) is 7.38. The van der Waals surface area contributed by atoms with Crippen LogP contribution >= 0.6 is 22.6 Å². The topological polar surface area (TPSA) is 47.0 Å². The Hall–Kier alpha value is -0.430. The van der Waals surface area contributed by atoms with Crippen molar-refractivity contribution in [2.75, 3.05) is 19.0 Å². The van der Waals surface area contributed by atoms with Crippen molar-refractivity contribution in [3.63, 3.8) is 0 Å². The first-order chi connectivity index (χ1) is 9.52. The largest absolute Gasteiger partial charge is 0.372 e. The van der Waals surface area contributed by atoms with Crippen LogP contribution in [0.5, 0.6) is 0 Å². The van der Waals surface area contributed by atoms with E-state index in [1.807, 2.05) is 14.0 Å². The molecule has 2 rings (SSSR count). The summed E-state index contributed by atoms with van der Waals surface area (Å²) in [6, 6.07) is 0. The van der Waals surface area contributed by atoms with Crippen molar-refractivity contribution in [2.24, 2.45) is 5.92 Å². The molecule has 0 aliphatic heterocycles. The molecule has 0 saturated heterocycles. The third-order valence-corrected chi connectivity index (χ3v) is 5.33. The molecule has 1 aliphatic carbocycles. The third kappa shape index (κ3) is 3.08. The molecular weight excluding hydrogens is 365 g/mol. The first-order valence-corrected chi connectivity index (χ1v) is 8.46. The fraction of sp³-hybridized carbons (Fsp3) is 0.733. The van der Waals surface area contributed by atoms with Crippen molar-refractivity contribution in [3.8, 4) is 0 Å². The van der Waals surface area contributed by atoms with E-state index >= 15 is 0 Å². The van der Waals surface area contributed by atoms with Gasteiger partial charge in [-0.2, -0.15) is 0 Å². The van der Waals surface area contributed by atoms with Crippen LogP contribution in [0.15, 0.2) is 0 Å². The fourth-order valence-corrected chi connectivity index (χ4v) is 3.62. The molecule has 1 saturated carbocycles. The molecule has 0 spiro atoms. The Kier molecular flexibility index (Phi) is 5.23. The van der Waals surface area contributed by atoms with Crippen LogP contribution in [0.4, 0.5) is 5.82 Å². The minimum atomic E-state index is -0.298. The van der Waals surface area contributed by atoms with Gasteiger partial charge in [-0.25, -0.2) is 9.97 Å². The number of nitrogens with one attached hydrogen (secondary N) is 1. The maximum absolute atomic E-state index is 6.17. The van der Waals surface area contributed by atoms with E-state index in [4.69, 9.17) is 14.7 Å². The van der Waals surface area contributed by atoms with Gasteiger partial charge in [-0.1, -0.05) is 13.3 Å². The van der Waals surface area contributed by atoms with Gasteiger partial charge in [-0.05, 0) is 61.6 Å². The average Bonchev–Trinajstić information content (AvgIpc) is 2.42. The predicted molar refractivity (Wildman–Crippen MR) is 90.0 cm³/mol. The van der Waals surface area contributed by atoms with E-state index < -0.39 is 0 Å². The normalized spacial score (nSPS) is 26.6. The van der Waals surface area contributed by atoms with Gasteiger partial charge < -0.3 is 10.1 Å². The molecule has 1 aromatic heterocycles. The zero-order valence-electron chi connectivity index (χ0n) is 12.8. The number of ether oxygens (including phenoxy) is 1. The van der Waals surface area contributed by atoms with E-state index in [0.717, 1.165) is 33.7 Å². The van der Waals surface area contributed by atoms with Gasteiger partial charge in [0.05, 0.1) is 9.26 Å². The zero-order valence-corrected chi connectivity index (χ0v) is 15.0. The summed E-state index contributed by atoms with van der Waals surface area (Å²) in [5, 5.41) is 3.17. The predicted octanol–water partition coefficient (Wildman–Crippen LogP) is 3.87. The Balaban J connectivity index is 2.46. The SMILES string of the molecule is CCOC1(c2nc(C)c(I)c(NC)n2)CCCC(C)C1. The van der Waals surface area contributed by atoms with E-state index in [2.05, 4.69) is 41.8 Å². The molecule has 5 heteroatoms. The number of rotatable bonds is 4. The van der Waals surface area contributed by atoms with E-state index in [9.17, 15) is 0 Å². The maximum Gasteiger partial charge on any atom is 0.162 e. The summed E-state index contributed by atoms with van der Waals surface area (Å²) < 4.78 is 7.25. The molecule has 1 heterocycles. The summed E-state index contributed by atoms with van der Waals surface area (Å²) in [6.45, 7) is 7.10. The Labute approximate surface area is 135 Å². The smallest absolute Gasteiger partial charge is 0.162 e. The lowest BCUT2D eigenvalue weighted by Gasteiger charge is -2.38. The van der Waals surface area contributed by atoms with E-state index in [1.165, 1.54) is 12.8 Å². The molecule has 0 aromatic carbocycles. The summed E-state index contributed by atoms with van der Waals surface area (Å²) >= 11 is 2.29. The molecule has 112 valence electrons. The van der Waals surface area contributed by atoms with E-state index in [-0.39, 0.29) is 5.60 Å². The van der Waals surface area contributed by atoms with E-state index in [0.29, 0.717) is 12.5 Å². The van der Waals surface area contributed by atoms with Gasteiger partial charge in [0, 0.05) is 13.7 Å². The van der Waals surface area contributed by atoms with Crippen molar-refractivity contribution in [3.05, 3.63) is 15.1 Å². The molecule has 2 unspecified atom stereocenters. The van der Waals surface area contributed by atoms with Crippen LogP contribution < -0.4 is 5.32 Å². The minimum Gasteiger partial charge on any atom is -0.372 e. The highest BCUT2D eigenvalue weighted by atomic mass is 127. The Morgan fingerprint density at radius 2 is 2.20 bits per heavy atom. The monoisotopic (exact) mass is 389 g/mol. The van der Waals surface area contributed by atoms with Gasteiger partial charge in [-0.3, -0.25) is 0 Å². The number of hydrogen-bond donors (Lipinski definition) is 1. The minimum absolute atomic E-state index is 0.298. The van der Waals surface area contributed by atoms with Crippen molar-refractivity contribution in [2.45, 2.75) is 52.1 Å². The van der Waals surface area contributed by atoms with Gasteiger partial charge in [0.2, 0.25) is 0 Å². The van der Waals surface area contributed by atoms with Crippen molar-refractivity contribution in [1.82, 2.24) is 9.97 Å². The van der Waals surface area contributed by atoms with Crippen LogP contribution in [0, 0.1) is 16.4 Å². The van der Waals surface area contributed by atoms with Crippen LogP contribution in [-0.2, 0) is 10.3 Å². The highest BCUT2D eigenvalue weighted by Gasteiger charge is 2.40. The molecule has 1 fully saturated rings. The lowest BCUT2D eigenvalue weighted by Crippen LogP contribution is -2.37. The number of anilines is 1. The molecule has 4 nitrogen and oxygen atoms in total. The standard InChI is InChI=1S/C15H24IN3O/c1-5-20-15(8-6-7-10(2)9-15)14-18-11(3)12(16)13(17-4)19-14/h10H,5-9H2,1-4H3,(H,17,18,19). The average molecular weight is 389 g/mol. The molecule has 0 amide bonds. The highest BCUT2D eigenvalue weighted by molar-refractivity contribution is 14.1. The lowest BCUT2D eigenvalue weighted by atomic mass is 9.78. The van der Waals surface area contributed by atoms with Crippen molar-refractivity contribution in [1.29, 1.82) is 0 Å². The maximum atomic E-state index is 6.17. The van der Waals surface area contributed by atoms with Crippen molar-refractivity contribution >= 4 is 28.4 Å². The number of nitrogens with zero attached hydrogens (tertiary/aromatic N) is 2. The zero-order chi connectivity index (χ0) is 14.8. The van der Waals surface area contributed by atoms with Crippen LogP contribution in [-0.4, -0.2) is 23.6 Å². The Bertz CT molecular complexity index is 476. The number of hydrogen-bond acceptors (Lipinski definition) is 4. The lowest BCUT2D eigenvalue weighted by molar-refractivity contribution is -0.0881. The number of halogens is 1. The summed E-state index contributed by atoms with van der Waals surface area (Å²) in [6.07, 6.45) is 4.50. The second-order valence-corrected chi connectivity index (χ2v) is 6.75. The molecular formula is C15H24IN3O. The number of aryl methyl sites for hydroxylation is 1. The molecule has 20 heavy (non-hydrogen) atoms. The Morgan fingerprint density at radius 1 is 1.45 bits per heavy atom. The van der Waals surface area contributed by atoms with Gasteiger partial charge >= 0.3 is 0 Å². The summed E-state index contributed by atoms with van der Waals surface area (Å²) in [4.78, 5) is 9.49. The molecule has 2 atom stereocenters. The summed E-state index contributed by atoms with van der Waals surface area (Å²) in [7, 11) is 1.91. The second-order valence-electron chi connectivity index (χ2n) is 5.67. The molecule has 0 radical (unpaired) electrons. The van der Waals surface area contributed by atoms with Gasteiger partial charge in [-0.15, -0.1) is 0 Å². The summed E-state index contributed by atoms with van der Waals surface area (Å²) in [5.41, 5.74) is 0.727. The third-order valence-electron chi connectivity index (χ3n) is 4.04. The van der Waals surface area contributed by atoms with Gasteiger partial charge in [0.25, 0.3) is 0 Å². The first kappa shape index (κ1) is 15.9. The quantitative estimate of drug-likeness (QED) is 0.795.